The Balaban J connectivity index is 1.48. The van der Waals surface area contributed by atoms with Gasteiger partial charge in [0.05, 0.1) is 10.6 Å². The standard InChI is InChI=1S/C20H22N2O4S/c23-19(12-14-27(25,26)18-5-2-1-3-6-18)21-15-16-8-10-17(11-9-16)22-13-4-7-20(22)24/h1-3,5-6,8-11H,4,7,12-15H2,(H,21,23). The Morgan fingerprint density at radius 2 is 1.74 bits per heavy atom. The van der Waals surface area contributed by atoms with E-state index in [9.17, 15) is 18.0 Å². The van der Waals surface area contributed by atoms with Crippen molar-refractivity contribution in [3.8, 4) is 0 Å². The van der Waals surface area contributed by atoms with Gasteiger partial charge in [0.25, 0.3) is 0 Å². The molecule has 0 bridgehead atoms. The predicted molar refractivity (Wildman–Crippen MR) is 103 cm³/mol. The molecule has 7 heteroatoms. The minimum absolute atomic E-state index is 0.0857. The second kappa shape index (κ2) is 8.35. The lowest BCUT2D eigenvalue weighted by Crippen LogP contribution is -2.25. The van der Waals surface area contributed by atoms with Crippen LogP contribution in [-0.2, 0) is 26.0 Å². The maximum absolute atomic E-state index is 12.2. The van der Waals surface area contributed by atoms with Gasteiger partial charge in [0.2, 0.25) is 11.8 Å². The summed E-state index contributed by atoms with van der Waals surface area (Å²) in [7, 11) is -3.46. The van der Waals surface area contributed by atoms with Crippen LogP contribution in [0.3, 0.4) is 0 Å². The maximum atomic E-state index is 12.2. The van der Waals surface area contributed by atoms with Crippen LogP contribution < -0.4 is 10.2 Å². The number of sulfone groups is 1. The van der Waals surface area contributed by atoms with Crippen molar-refractivity contribution < 1.29 is 18.0 Å². The number of carbonyl (C=O) groups excluding carboxylic acids is 2. The summed E-state index contributed by atoms with van der Waals surface area (Å²) in [5.74, 6) is -0.400. The molecule has 142 valence electrons. The fraction of sp³-hybridized carbons (Fsp3) is 0.300. The van der Waals surface area contributed by atoms with Gasteiger partial charge in [-0.3, -0.25) is 9.59 Å². The second-order valence-electron chi connectivity index (χ2n) is 6.47. The average molecular weight is 386 g/mol. The molecule has 0 aromatic heterocycles. The third-order valence-electron chi connectivity index (χ3n) is 4.51. The number of carbonyl (C=O) groups is 2. The lowest BCUT2D eigenvalue weighted by Gasteiger charge is -2.16. The number of nitrogens with zero attached hydrogens (tertiary/aromatic N) is 1. The zero-order valence-corrected chi connectivity index (χ0v) is 15.7. The quantitative estimate of drug-likeness (QED) is 0.791. The molecular formula is C20H22N2O4S. The van der Waals surface area contributed by atoms with E-state index in [1.807, 2.05) is 24.3 Å². The highest BCUT2D eigenvalue weighted by Crippen LogP contribution is 2.21. The number of hydrogen-bond donors (Lipinski definition) is 1. The lowest BCUT2D eigenvalue weighted by molar-refractivity contribution is -0.121. The largest absolute Gasteiger partial charge is 0.352 e. The average Bonchev–Trinajstić information content (AvgIpc) is 3.12. The van der Waals surface area contributed by atoms with E-state index < -0.39 is 9.84 Å². The number of benzene rings is 2. The van der Waals surface area contributed by atoms with Crippen molar-refractivity contribution in [3.05, 3.63) is 60.2 Å². The summed E-state index contributed by atoms with van der Waals surface area (Å²) >= 11 is 0. The number of hydrogen-bond acceptors (Lipinski definition) is 4. The molecule has 1 aliphatic rings. The van der Waals surface area contributed by atoms with E-state index in [4.69, 9.17) is 0 Å². The summed E-state index contributed by atoms with van der Waals surface area (Å²) < 4.78 is 24.4. The van der Waals surface area contributed by atoms with Crippen LogP contribution in [0.25, 0.3) is 0 Å². The summed E-state index contributed by atoms with van der Waals surface area (Å²) in [6.07, 6.45) is 1.38. The molecule has 0 aliphatic carbocycles. The summed E-state index contributed by atoms with van der Waals surface area (Å²) in [5.41, 5.74) is 1.76. The van der Waals surface area contributed by atoms with Gasteiger partial charge in [-0.1, -0.05) is 30.3 Å². The summed E-state index contributed by atoms with van der Waals surface area (Å²) in [6.45, 7) is 1.06. The van der Waals surface area contributed by atoms with Gasteiger partial charge in [-0.05, 0) is 36.2 Å². The normalized spacial score (nSPS) is 14.4. The molecule has 0 radical (unpaired) electrons. The fourth-order valence-electron chi connectivity index (χ4n) is 2.98. The van der Waals surface area contributed by atoms with Crippen LogP contribution in [0, 0.1) is 0 Å². The Morgan fingerprint density at radius 1 is 1.04 bits per heavy atom. The molecule has 2 aromatic rings. The highest BCUT2D eigenvalue weighted by molar-refractivity contribution is 7.91. The highest BCUT2D eigenvalue weighted by atomic mass is 32.2. The van der Waals surface area contributed by atoms with Gasteiger partial charge in [0.15, 0.2) is 9.84 Å². The maximum Gasteiger partial charge on any atom is 0.227 e. The molecule has 1 aliphatic heterocycles. The topological polar surface area (TPSA) is 83.6 Å². The van der Waals surface area contributed by atoms with Crippen LogP contribution in [0.2, 0.25) is 0 Å². The fourth-order valence-corrected chi connectivity index (χ4v) is 4.24. The Labute approximate surface area is 159 Å². The van der Waals surface area contributed by atoms with Crippen molar-refractivity contribution in [1.82, 2.24) is 5.32 Å². The molecule has 27 heavy (non-hydrogen) atoms. The van der Waals surface area contributed by atoms with Gasteiger partial charge < -0.3 is 10.2 Å². The van der Waals surface area contributed by atoms with E-state index >= 15 is 0 Å². The van der Waals surface area contributed by atoms with Gasteiger partial charge in [0.1, 0.15) is 0 Å². The SMILES string of the molecule is O=C(CCS(=O)(=O)c1ccccc1)NCc1ccc(N2CCCC2=O)cc1. The molecule has 3 rings (SSSR count). The third kappa shape index (κ3) is 4.95. The molecule has 1 heterocycles. The Morgan fingerprint density at radius 3 is 2.37 bits per heavy atom. The van der Waals surface area contributed by atoms with Gasteiger partial charge >= 0.3 is 0 Å². The van der Waals surface area contributed by atoms with Crippen LogP contribution in [0.4, 0.5) is 5.69 Å². The number of nitrogens with one attached hydrogen (secondary N) is 1. The van der Waals surface area contributed by atoms with E-state index in [1.165, 1.54) is 12.1 Å². The molecule has 1 saturated heterocycles. The third-order valence-corrected chi connectivity index (χ3v) is 6.24. The zero-order chi connectivity index (χ0) is 19.3. The minimum Gasteiger partial charge on any atom is -0.352 e. The van der Waals surface area contributed by atoms with Gasteiger partial charge in [0, 0.05) is 31.6 Å². The van der Waals surface area contributed by atoms with Crippen LogP contribution in [0.1, 0.15) is 24.8 Å². The molecule has 6 nitrogen and oxygen atoms in total. The highest BCUT2D eigenvalue weighted by Gasteiger charge is 2.21. The molecule has 0 saturated carbocycles. The van der Waals surface area contributed by atoms with E-state index in [1.54, 1.807) is 23.1 Å². The summed E-state index contributed by atoms with van der Waals surface area (Å²) in [5, 5.41) is 2.74. The van der Waals surface area contributed by atoms with E-state index in [0.29, 0.717) is 13.0 Å². The van der Waals surface area contributed by atoms with Gasteiger partial charge in [-0.2, -0.15) is 0 Å². The monoisotopic (exact) mass is 386 g/mol. The molecule has 0 unspecified atom stereocenters. The molecule has 1 N–H and O–H groups in total. The van der Waals surface area contributed by atoms with Crippen LogP contribution in [0.5, 0.6) is 0 Å². The summed E-state index contributed by atoms with van der Waals surface area (Å²) in [4.78, 5) is 25.7. The molecule has 0 atom stereocenters. The number of amides is 2. The van der Waals surface area contributed by atoms with Gasteiger partial charge in [-0.15, -0.1) is 0 Å². The number of rotatable bonds is 7. The van der Waals surface area contributed by atoms with E-state index in [-0.39, 0.29) is 28.9 Å². The van der Waals surface area contributed by atoms with Crippen molar-refractivity contribution >= 4 is 27.3 Å². The predicted octanol–water partition coefficient (Wildman–Crippen LogP) is 2.29. The smallest absolute Gasteiger partial charge is 0.227 e. The first-order valence-corrected chi connectivity index (χ1v) is 10.5. The van der Waals surface area contributed by atoms with Crippen molar-refractivity contribution in [2.75, 3.05) is 17.2 Å². The zero-order valence-electron chi connectivity index (χ0n) is 14.9. The molecule has 1 fully saturated rings. The first-order chi connectivity index (χ1) is 13.0. The van der Waals surface area contributed by atoms with Crippen LogP contribution in [-0.4, -0.2) is 32.5 Å². The molecule has 2 aromatic carbocycles. The Bertz CT molecular complexity index is 909. The first-order valence-electron chi connectivity index (χ1n) is 8.89. The molecule has 0 spiro atoms. The number of anilines is 1. The first kappa shape index (κ1) is 19.1. The lowest BCUT2D eigenvalue weighted by atomic mass is 10.2. The second-order valence-corrected chi connectivity index (χ2v) is 8.58. The van der Waals surface area contributed by atoms with Crippen LogP contribution in [0.15, 0.2) is 59.5 Å². The van der Waals surface area contributed by atoms with Crippen molar-refractivity contribution in [3.63, 3.8) is 0 Å². The minimum atomic E-state index is -3.46. The van der Waals surface area contributed by atoms with Crippen molar-refractivity contribution in [1.29, 1.82) is 0 Å². The van der Waals surface area contributed by atoms with E-state index in [0.717, 1.165) is 24.2 Å². The van der Waals surface area contributed by atoms with Crippen LogP contribution >= 0.6 is 0 Å². The molecular weight excluding hydrogens is 364 g/mol. The van der Waals surface area contributed by atoms with E-state index in [2.05, 4.69) is 5.32 Å². The van der Waals surface area contributed by atoms with Crippen molar-refractivity contribution in [2.24, 2.45) is 0 Å². The van der Waals surface area contributed by atoms with Crippen molar-refractivity contribution in [2.45, 2.75) is 30.7 Å². The van der Waals surface area contributed by atoms with Gasteiger partial charge in [-0.25, -0.2) is 8.42 Å². The Hall–Kier alpha value is -2.67. The molecule has 2 amide bonds. The Kier molecular flexibility index (Phi) is 5.91. The summed E-state index contributed by atoms with van der Waals surface area (Å²) in [6, 6.07) is 15.6.